The Hall–Kier alpha value is -3.25. The molecule has 0 amide bonds. The molecule has 0 atom stereocenters. The van der Waals surface area contributed by atoms with Gasteiger partial charge in [-0.15, -0.1) is 0 Å². The van der Waals surface area contributed by atoms with Gasteiger partial charge in [-0.3, -0.25) is 0 Å². The summed E-state index contributed by atoms with van der Waals surface area (Å²) < 4.78 is 52.3. The average molecular weight is 513 g/mol. The van der Waals surface area contributed by atoms with Crippen LogP contribution in [0.3, 0.4) is 0 Å². The maximum Gasteiger partial charge on any atom is 0.416 e. The molecule has 2 nitrogen and oxygen atoms in total. The molecule has 33 heavy (non-hydrogen) atoms. The fourth-order valence-corrected chi connectivity index (χ4v) is 3.87. The Morgan fingerprint density at radius 1 is 0.636 bits per heavy atom. The van der Waals surface area contributed by atoms with Crippen molar-refractivity contribution in [2.75, 3.05) is 0 Å². The van der Waals surface area contributed by atoms with Gasteiger partial charge in [0.25, 0.3) is 0 Å². The first-order valence-corrected chi connectivity index (χ1v) is 11.0. The summed E-state index contributed by atoms with van der Waals surface area (Å²) in [5, 5.41) is 0. The summed E-state index contributed by atoms with van der Waals surface area (Å²) in [6.45, 7) is 0.356. The van der Waals surface area contributed by atoms with Crippen LogP contribution in [0.1, 0.15) is 16.7 Å². The van der Waals surface area contributed by atoms with Gasteiger partial charge in [-0.1, -0.05) is 76.6 Å². The molecule has 0 aliphatic heterocycles. The topological polar surface area (TPSA) is 18.5 Å². The summed E-state index contributed by atoms with van der Waals surface area (Å²) >= 11 is 3.47. The molecule has 0 radical (unpaired) electrons. The zero-order chi connectivity index (χ0) is 23.3. The summed E-state index contributed by atoms with van der Waals surface area (Å²) in [4.78, 5) is 0. The summed E-state index contributed by atoms with van der Waals surface area (Å²) in [5.41, 5.74) is 2.38. The molecule has 0 fully saturated rings. The lowest BCUT2D eigenvalue weighted by Gasteiger charge is -2.17. The van der Waals surface area contributed by atoms with E-state index in [-0.39, 0.29) is 6.61 Å². The van der Waals surface area contributed by atoms with Crippen molar-refractivity contribution < 1.29 is 22.6 Å². The first kappa shape index (κ1) is 22.9. The van der Waals surface area contributed by atoms with Crippen LogP contribution < -0.4 is 9.47 Å². The predicted octanol–water partition coefficient (Wildman–Crippen LogP) is 8.29. The molecule has 0 aliphatic carbocycles. The molecule has 4 aromatic carbocycles. The van der Waals surface area contributed by atoms with Crippen molar-refractivity contribution in [3.8, 4) is 22.6 Å². The zero-order valence-electron chi connectivity index (χ0n) is 17.5. The molecule has 0 bridgehead atoms. The Kier molecular flexibility index (Phi) is 7.04. The molecule has 6 heteroatoms. The van der Waals surface area contributed by atoms with Crippen LogP contribution in [0.2, 0.25) is 0 Å². The monoisotopic (exact) mass is 512 g/mol. The van der Waals surface area contributed by atoms with E-state index in [0.717, 1.165) is 33.3 Å². The van der Waals surface area contributed by atoms with Gasteiger partial charge in [-0.2, -0.15) is 13.2 Å². The third-order valence-corrected chi connectivity index (χ3v) is 5.48. The summed E-state index contributed by atoms with van der Waals surface area (Å²) in [6.07, 6.45) is -4.40. The maximum atomic E-state index is 13.1. The lowest BCUT2D eigenvalue weighted by molar-refractivity contribution is -0.137. The van der Waals surface area contributed by atoms with Crippen molar-refractivity contribution in [2.45, 2.75) is 19.4 Å². The number of hydrogen-bond donors (Lipinski definition) is 0. The Morgan fingerprint density at radius 2 is 1.21 bits per heavy atom. The van der Waals surface area contributed by atoms with Gasteiger partial charge in [0, 0.05) is 4.47 Å². The van der Waals surface area contributed by atoms with Gasteiger partial charge in [0.1, 0.15) is 24.7 Å². The standard InChI is InChI=1S/C27H20BrF3O2/c28-23-12-5-8-20(16-23)18-33-25-14-6-13-24(26(25)21-9-2-1-3-10-21)32-17-19-7-4-11-22(15-19)27(29,30)31/h1-16H,17-18H2. The van der Waals surface area contributed by atoms with Crippen LogP contribution in [0.4, 0.5) is 13.2 Å². The van der Waals surface area contributed by atoms with Crippen LogP contribution in [-0.4, -0.2) is 0 Å². The van der Waals surface area contributed by atoms with Gasteiger partial charge in [-0.05, 0) is 53.1 Å². The van der Waals surface area contributed by atoms with Gasteiger partial charge in [0.05, 0.1) is 11.1 Å². The zero-order valence-corrected chi connectivity index (χ0v) is 19.1. The molecular weight excluding hydrogens is 493 g/mol. The Bertz CT molecular complexity index is 1220. The van der Waals surface area contributed by atoms with Gasteiger partial charge >= 0.3 is 6.18 Å². The van der Waals surface area contributed by atoms with Gasteiger partial charge in [-0.25, -0.2) is 0 Å². The highest BCUT2D eigenvalue weighted by atomic mass is 79.9. The van der Waals surface area contributed by atoms with E-state index >= 15 is 0 Å². The molecule has 4 aromatic rings. The van der Waals surface area contributed by atoms with Crippen molar-refractivity contribution in [1.82, 2.24) is 0 Å². The molecule has 0 saturated heterocycles. The Labute approximate surface area is 198 Å². The smallest absolute Gasteiger partial charge is 0.416 e. The minimum absolute atomic E-state index is 0.00115. The lowest BCUT2D eigenvalue weighted by atomic mass is 10.0. The second-order valence-electron chi connectivity index (χ2n) is 7.40. The van der Waals surface area contributed by atoms with E-state index in [2.05, 4.69) is 15.9 Å². The molecular formula is C27H20BrF3O2. The Morgan fingerprint density at radius 3 is 1.82 bits per heavy atom. The number of rotatable bonds is 7. The second kappa shape index (κ2) is 10.1. The van der Waals surface area contributed by atoms with Gasteiger partial charge in [0.15, 0.2) is 0 Å². The van der Waals surface area contributed by atoms with Crippen molar-refractivity contribution in [1.29, 1.82) is 0 Å². The molecule has 0 spiro atoms. The summed E-state index contributed by atoms with van der Waals surface area (Å²) in [6, 6.07) is 28.1. The van der Waals surface area contributed by atoms with Crippen LogP contribution in [0, 0.1) is 0 Å². The van der Waals surface area contributed by atoms with Crippen molar-refractivity contribution in [3.05, 3.63) is 118 Å². The molecule has 0 aromatic heterocycles. The molecule has 0 heterocycles. The summed E-state index contributed by atoms with van der Waals surface area (Å²) in [5.74, 6) is 1.16. The van der Waals surface area contributed by atoms with Crippen molar-refractivity contribution in [2.24, 2.45) is 0 Å². The fourth-order valence-electron chi connectivity index (χ4n) is 3.43. The fraction of sp³-hybridized carbons (Fsp3) is 0.111. The van der Waals surface area contributed by atoms with Gasteiger partial charge < -0.3 is 9.47 Å². The van der Waals surface area contributed by atoms with E-state index in [1.54, 1.807) is 12.1 Å². The normalized spacial score (nSPS) is 11.3. The summed E-state index contributed by atoms with van der Waals surface area (Å²) in [7, 11) is 0. The number of halogens is 4. The Balaban J connectivity index is 1.62. The third kappa shape index (κ3) is 5.96. The quantitative estimate of drug-likeness (QED) is 0.248. The van der Waals surface area contributed by atoms with Crippen LogP contribution >= 0.6 is 15.9 Å². The van der Waals surface area contributed by atoms with Gasteiger partial charge in [0.2, 0.25) is 0 Å². The number of ether oxygens (including phenoxy) is 2. The number of benzene rings is 4. The van der Waals surface area contributed by atoms with E-state index in [9.17, 15) is 13.2 Å². The third-order valence-electron chi connectivity index (χ3n) is 4.98. The van der Waals surface area contributed by atoms with Crippen LogP contribution in [0.15, 0.2) is 102 Å². The maximum absolute atomic E-state index is 13.1. The second-order valence-corrected chi connectivity index (χ2v) is 8.32. The minimum atomic E-state index is -4.40. The molecule has 0 aliphatic rings. The van der Waals surface area contributed by atoms with Crippen LogP contribution in [0.25, 0.3) is 11.1 Å². The highest BCUT2D eigenvalue weighted by molar-refractivity contribution is 9.10. The van der Waals surface area contributed by atoms with E-state index < -0.39 is 11.7 Å². The lowest BCUT2D eigenvalue weighted by Crippen LogP contribution is -2.06. The molecule has 0 saturated carbocycles. The highest BCUT2D eigenvalue weighted by Crippen LogP contribution is 2.39. The van der Waals surface area contributed by atoms with Crippen LogP contribution in [-0.2, 0) is 19.4 Å². The molecule has 4 rings (SSSR count). The minimum Gasteiger partial charge on any atom is -0.488 e. The molecule has 0 unspecified atom stereocenters. The molecule has 0 N–H and O–H groups in total. The molecule has 168 valence electrons. The first-order chi connectivity index (χ1) is 15.9. The van der Waals surface area contributed by atoms with E-state index in [0.29, 0.717) is 23.7 Å². The SMILES string of the molecule is FC(F)(F)c1cccc(COc2cccc(OCc3cccc(Br)c3)c2-c2ccccc2)c1. The van der Waals surface area contributed by atoms with E-state index in [1.165, 1.54) is 6.07 Å². The average Bonchev–Trinajstić information content (AvgIpc) is 2.81. The number of hydrogen-bond acceptors (Lipinski definition) is 2. The number of alkyl halides is 3. The van der Waals surface area contributed by atoms with Crippen molar-refractivity contribution in [3.63, 3.8) is 0 Å². The van der Waals surface area contributed by atoms with Crippen LogP contribution in [0.5, 0.6) is 11.5 Å². The largest absolute Gasteiger partial charge is 0.488 e. The van der Waals surface area contributed by atoms with Crippen molar-refractivity contribution >= 4 is 15.9 Å². The van der Waals surface area contributed by atoms with E-state index in [1.807, 2.05) is 66.7 Å². The predicted molar refractivity (Wildman–Crippen MR) is 126 cm³/mol. The van der Waals surface area contributed by atoms with E-state index in [4.69, 9.17) is 9.47 Å². The first-order valence-electron chi connectivity index (χ1n) is 10.2. The highest BCUT2D eigenvalue weighted by Gasteiger charge is 2.30.